The lowest BCUT2D eigenvalue weighted by molar-refractivity contribution is -0.143. The first kappa shape index (κ1) is 20.7. The molecule has 1 heterocycles. The summed E-state index contributed by atoms with van der Waals surface area (Å²) in [6.45, 7) is 2.82. The highest BCUT2D eigenvalue weighted by Crippen LogP contribution is 2.18. The van der Waals surface area contributed by atoms with Gasteiger partial charge in [0.2, 0.25) is 11.8 Å². The second-order valence-corrected chi connectivity index (χ2v) is 6.24. The molecular weight excluding hydrogens is 328 g/mol. The lowest BCUT2D eigenvalue weighted by atomic mass is 9.95. The van der Waals surface area contributed by atoms with Crippen molar-refractivity contribution in [1.82, 2.24) is 10.2 Å². The van der Waals surface area contributed by atoms with E-state index in [9.17, 15) is 19.5 Å². The summed E-state index contributed by atoms with van der Waals surface area (Å²) in [6.07, 6.45) is 1.66. The van der Waals surface area contributed by atoms with E-state index in [0.717, 1.165) is 0 Å². The number of hydrogen-bond acceptors (Lipinski definition) is 5. The van der Waals surface area contributed by atoms with Gasteiger partial charge in [-0.3, -0.25) is 14.6 Å². The Hall–Kier alpha value is -2.36. The number of amides is 2. The molecule has 0 aromatic rings. The smallest absolute Gasteiger partial charge is 0.326 e. The molecule has 0 aromatic heterocycles. The van der Waals surface area contributed by atoms with Crippen LogP contribution >= 0.6 is 0 Å². The Labute approximate surface area is 146 Å². The molecule has 142 valence electrons. The molecule has 8 N–H and O–H groups in total. The molecule has 2 atom stereocenters. The van der Waals surface area contributed by atoms with E-state index in [1.165, 1.54) is 0 Å². The minimum absolute atomic E-state index is 0.0518. The number of hydrogen-bond donors (Lipinski definition) is 5. The molecule has 25 heavy (non-hydrogen) atoms. The zero-order valence-corrected chi connectivity index (χ0v) is 14.5. The van der Waals surface area contributed by atoms with E-state index in [1.807, 2.05) is 0 Å². The van der Waals surface area contributed by atoms with Gasteiger partial charge in [-0.1, -0.05) is 0 Å². The van der Waals surface area contributed by atoms with Crippen LogP contribution in [0, 0.1) is 5.92 Å². The van der Waals surface area contributed by atoms with Crippen molar-refractivity contribution in [1.29, 1.82) is 0 Å². The molecule has 1 saturated heterocycles. The summed E-state index contributed by atoms with van der Waals surface area (Å²) in [5.41, 5.74) is 16.0. The van der Waals surface area contributed by atoms with Crippen LogP contribution in [-0.2, 0) is 14.4 Å². The molecule has 0 spiro atoms. The van der Waals surface area contributed by atoms with Gasteiger partial charge in [-0.15, -0.1) is 0 Å². The Morgan fingerprint density at radius 1 is 1.28 bits per heavy atom. The van der Waals surface area contributed by atoms with Gasteiger partial charge in [0.05, 0.1) is 6.04 Å². The van der Waals surface area contributed by atoms with Gasteiger partial charge in [0.1, 0.15) is 6.04 Å². The van der Waals surface area contributed by atoms with E-state index in [1.54, 1.807) is 11.8 Å². The summed E-state index contributed by atoms with van der Waals surface area (Å²) in [6, 6.07) is -1.54. The Bertz CT molecular complexity index is 510. The fraction of sp³-hybridized carbons (Fsp3) is 0.733. The van der Waals surface area contributed by atoms with Gasteiger partial charge in [0, 0.05) is 25.6 Å². The molecule has 0 radical (unpaired) electrons. The first-order valence-electron chi connectivity index (χ1n) is 8.35. The Morgan fingerprint density at radius 2 is 1.88 bits per heavy atom. The van der Waals surface area contributed by atoms with Crippen LogP contribution in [0.15, 0.2) is 4.99 Å². The van der Waals surface area contributed by atoms with Crippen molar-refractivity contribution in [3.63, 3.8) is 0 Å². The maximum atomic E-state index is 12.3. The first-order valence-corrected chi connectivity index (χ1v) is 8.35. The number of aliphatic carboxylic acids is 1. The molecule has 0 saturated carbocycles. The molecule has 0 aliphatic carbocycles. The molecule has 0 bridgehead atoms. The molecule has 1 aliphatic heterocycles. The zero-order chi connectivity index (χ0) is 19.0. The largest absolute Gasteiger partial charge is 0.480 e. The third-order valence-corrected chi connectivity index (χ3v) is 4.13. The second-order valence-electron chi connectivity index (χ2n) is 6.24. The monoisotopic (exact) mass is 356 g/mol. The number of likely N-dealkylation sites (tertiary alicyclic amines) is 1. The van der Waals surface area contributed by atoms with Crippen LogP contribution in [-0.4, -0.2) is 65.5 Å². The number of carboxylic acids is 1. The quantitative estimate of drug-likeness (QED) is 0.193. The lowest BCUT2D eigenvalue weighted by Gasteiger charge is -2.32. The van der Waals surface area contributed by atoms with Gasteiger partial charge < -0.3 is 32.5 Å². The van der Waals surface area contributed by atoms with E-state index in [-0.39, 0.29) is 30.1 Å². The van der Waals surface area contributed by atoms with Crippen molar-refractivity contribution in [3.8, 4) is 0 Å². The predicted molar refractivity (Wildman–Crippen MR) is 92.4 cm³/mol. The van der Waals surface area contributed by atoms with Crippen molar-refractivity contribution in [3.05, 3.63) is 0 Å². The molecular formula is C15H28N6O4. The van der Waals surface area contributed by atoms with Gasteiger partial charge in [-0.05, 0) is 32.6 Å². The average molecular weight is 356 g/mol. The number of nitrogens with zero attached hydrogens (tertiary/aromatic N) is 2. The summed E-state index contributed by atoms with van der Waals surface area (Å²) in [4.78, 5) is 40.8. The normalized spacial score (nSPS) is 17.4. The van der Waals surface area contributed by atoms with Gasteiger partial charge >= 0.3 is 5.97 Å². The maximum absolute atomic E-state index is 12.3. The zero-order valence-electron chi connectivity index (χ0n) is 14.5. The highest BCUT2D eigenvalue weighted by Gasteiger charge is 2.30. The highest BCUT2D eigenvalue weighted by molar-refractivity contribution is 5.85. The van der Waals surface area contributed by atoms with Gasteiger partial charge in [-0.25, -0.2) is 4.79 Å². The topological polar surface area (TPSA) is 177 Å². The van der Waals surface area contributed by atoms with E-state index in [2.05, 4.69) is 10.3 Å². The standard InChI is InChI=1S/C15H28N6O4/c1-9(16)13(23)21-7-4-10(5-8-21)12(22)20-11(14(24)25)3-2-6-19-15(17)18/h9-11H,2-8,16H2,1H3,(H,20,22)(H,24,25)(H4,17,18,19)/t9-,11-/m1/s1. The van der Waals surface area contributed by atoms with Crippen LogP contribution < -0.4 is 22.5 Å². The molecule has 0 unspecified atom stereocenters. The number of rotatable bonds is 8. The average Bonchev–Trinajstić information content (AvgIpc) is 2.56. The first-order chi connectivity index (χ1) is 11.7. The fourth-order valence-corrected chi connectivity index (χ4v) is 2.70. The van der Waals surface area contributed by atoms with Gasteiger partial charge in [0.25, 0.3) is 0 Å². The van der Waals surface area contributed by atoms with Crippen LogP contribution in [0.4, 0.5) is 0 Å². The second kappa shape index (κ2) is 9.82. The van der Waals surface area contributed by atoms with Crippen LogP contribution in [0.25, 0.3) is 0 Å². The van der Waals surface area contributed by atoms with Crippen LogP contribution in [0.1, 0.15) is 32.6 Å². The van der Waals surface area contributed by atoms with E-state index >= 15 is 0 Å². The van der Waals surface area contributed by atoms with Crippen LogP contribution in [0.3, 0.4) is 0 Å². The van der Waals surface area contributed by atoms with Crippen molar-refractivity contribution >= 4 is 23.7 Å². The third-order valence-electron chi connectivity index (χ3n) is 4.13. The van der Waals surface area contributed by atoms with Crippen molar-refractivity contribution in [2.75, 3.05) is 19.6 Å². The number of guanidine groups is 1. The summed E-state index contributed by atoms with van der Waals surface area (Å²) in [5.74, 6) is -1.90. The van der Waals surface area contributed by atoms with Gasteiger partial charge in [0.15, 0.2) is 5.96 Å². The molecule has 1 fully saturated rings. The Morgan fingerprint density at radius 3 is 2.36 bits per heavy atom. The van der Waals surface area contributed by atoms with Crippen LogP contribution in [0.5, 0.6) is 0 Å². The number of piperidine rings is 1. The van der Waals surface area contributed by atoms with E-state index < -0.39 is 18.1 Å². The van der Waals surface area contributed by atoms with E-state index in [4.69, 9.17) is 17.2 Å². The van der Waals surface area contributed by atoms with Crippen molar-refractivity contribution in [2.45, 2.75) is 44.7 Å². The molecule has 2 amide bonds. The van der Waals surface area contributed by atoms with Gasteiger partial charge in [-0.2, -0.15) is 0 Å². The minimum Gasteiger partial charge on any atom is -0.480 e. The van der Waals surface area contributed by atoms with Crippen LogP contribution in [0.2, 0.25) is 0 Å². The lowest BCUT2D eigenvalue weighted by Crippen LogP contribution is -2.49. The summed E-state index contributed by atoms with van der Waals surface area (Å²) in [7, 11) is 0. The van der Waals surface area contributed by atoms with Crippen molar-refractivity contribution < 1.29 is 19.5 Å². The molecule has 1 aliphatic rings. The summed E-state index contributed by atoms with van der Waals surface area (Å²) >= 11 is 0. The SMILES string of the molecule is C[C@@H](N)C(=O)N1CCC(C(=O)N[C@H](CCCN=C(N)N)C(=O)O)CC1. The van der Waals surface area contributed by atoms with Crippen molar-refractivity contribution in [2.24, 2.45) is 28.1 Å². The Balaban J connectivity index is 2.46. The molecule has 0 aromatic carbocycles. The summed E-state index contributed by atoms with van der Waals surface area (Å²) in [5, 5.41) is 11.8. The van der Waals surface area contributed by atoms with E-state index in [0.29, 0.717) is 38.9 Å². The summed E-state index contributed by atoms with van der Waals surface area (Å²) < 4.78 is 0. The fourth-order valence-electron chi connectivity index (χ4n) is 2.70. The Kier molecular flexibility index (Phi) is 8.12. The number of carboxylic acid groups (broad SMARTS) is 1. The minimum atomic E-state index is -1.09. The molecule has 10 heteroatoms. The number of aliphatic imine (C=N–C) groups is 1. The third kappa shape index (κ3) is 6.96. The number of nitrogens with one attached hydrogen (secondary N) is 1. The molecule has 1 rings (SSSR count). The number of carbonyl (C=O) groups is 3. The predicted octanol–water partition coefficient (Wildman–Crippen LogP) is -1.80. The maximum Gasteiger partial charge on any atom is 0.326 e. The highest BCUT2D eigenvalue weighted by atomic mass is 16.4. The number of nitrogens with two attached hydrogens (primary N) is 3. The number of carbonyl (C=O) groups excluding carboxylic acids is 2. The molecule has 10 nitrogen and oxygen atoms in total.